The van der Waals surface area contributed by atoms with Crippen molar-refractivity contribution >= 4 is 11.6 Å². The largest absolute Gasteiger partial charge is 0.395 e. The minimum atomic E-state index is -0.516. The van der Waals surface area contributed by atoms with Gasteiger partial charge in [0.15, 0.2) is 0 Å². The maximum absolute atomic E-state index is 12.4. The van der Waals surface area contributed by atoms with Crippen LogP contribution in [0.15, 0.2) is 24.3 Å². The van der Waals surface area contributed by atoms with E-state index in [-0.39, 0.29) is 12.5 Å². The van der Waals surface area contributed by atoms with Gasteiger partial charge in [-0.2, -0.15) is 0 Å². The summed E-state index contributed by atoms with van der Waals surface area (Å²) >= 11 is 0. The molecule has 2 rings (SSSR count). The molecular formula is C15H21NO2. The lowest BCUT2D eigenvalue weighted by molar-refractivity contribution is -0.136. The van der Waals surface area contributed by atoms with E-state index in [0.29, 0.717) is 0 Å². The van der Waals surface area contributed by atoms with Gasteiger partial charge in [-0.25, -0.2) is 0 Å². The molecule has 0 spiro atoms. The summed E-state index contributed by atoms with van der Waals surface area (Å²) in [5, 5.41) is 9.44. The Morgan fingerprint density at radius 2 is 1.94 bits per heavy atom. The molecule has 1 aromatic rings. The average molecular weight is 247 g/mol. The predicted octanol–water partition coefficient (Wildman–Crippen LogP) is 2.37. The third-order valence-electron chi connectivity index (χ3n) is 4.10. The fourth-order valence-electron chi connectivity index (χ4n) is 2.47. The highest BCUT2D eigenvalue weighted by Gasteiger charge is 2.45. The number of anilines is 1. The van der Waals surface area contributed by atoms with Crippen LogP contribution in [0.1, 0.15) is 31.7 Å². The van der Waals surface area contributed by atoms with E-state index in [2.05, 4.69) is 6.92 Å². The molecule has 1 aliphatic rings. The van der Waals surface area contributed by atoms with E-state index in [1.54, 1.807) is 11.9 Å². The van der Waals surface area contributed by atoms with Crippen molar-refractivity contribution in [3.63, 3.8) is 0 Å². The van der Waals surface area contributed by atoms with Crippen LogP contribution in [0.5, 0.6) is 0 Å². The van der Waals surface area contributed by atoms with Gasteiger partial charge in [-0.05, 0) is 37.0 Å². The van der Waals surface area contributed by atoms with E-state index in [1.807, 2.05) is 24.3 Å². The fourth-order valence-corrected chi connectivity index (χ4v) is 2.47. The quantitative estimate of drug-likeness (QED) is 0.887. The van der Waals surface area contributed by atoms with Gasteiger partial charge in [-0.3, -0.25) is 4.79 Å². The molecule has 1 aromatic carbocycles. The molecule has 18 heavy (non-hydrogen) atoms. The van der Waals surface area contributed by atoms with Gasteiger partial charge in [-0.15, -0.1) is 0 Å². The molecule has 1 saturated carbocycles. The lowest BCUT2D eigenvalue weighted by atomic mass is 9.68. The Balaban J connectivity index is 2.14. The second kappa shape index (κ2) is 5.11. The summed E-state index contributed by atoms with van der Waals surface area (Å²) in [5.74, 6) is 0.0421. The van der Waals surface area contributed by atoms with Gasteiger partial charge in [0, 0.05) is 12.7 Å². The molecule has 0 saturated heterocycles. The predicted molar refractivity (Wildman–Crippen MR) is 72.6 cm³/mol. The molecule has 1 N–H and O–H groups in total. The first-order valence-corrected chi connectivity index (χ1v) is 6.61. The molecule has 98 valence electrons. The number of nitrogens with zero attached hydrogens (tertiary/aromatic N) is 1. The SMILES string of the molecule is CCc1ccc(N(C)C(=O)C2(CO)CCC2)cc1. The monoisotopic (exact) mass is 247 g/mol. The van der Waals surface area contributed by atoms with Gasteiger partial charge in [0.2, 0.25) is 5.91 Å². The Kier molecular flexibility index (Phi) is 3.71. The first-order chi connectivity index (χ1) is 8.63. The van der Waals surface area contributed by atoms with Crippen LogP contribution in [0.2, 0.25) is 0 Å². The van der Waals surface area contributed by atoms with Gasteiger partial charge in [0.25, 0.3) is 0 Å². The van der Waals surface area contributed by atoms with Crippen molar-refractivity contribution in [2.24, 2.45) is 5.41 Å². The minimum absolute atomic E-state index is 0.0385. The number of carbonyl (C=O) groups excluding carboxylic acids is 1. The molecule has 0 atom stereocenters. The highest BCUT2D eigenvalue weighted by molar-refractivity contribution is 5.97. The number of hydrogen-bond acceptors (Lipinski definition) is 2. The fraction of sp³-hybridized carbons (Fsp3) is 0.533. The molecule has 0 heterocycles. The van der Waals surface area contributed by atoms with Crippen LogP contribution in [0.4, 0.5) is 5.69 Å². The van der Waals surface area contributed by atoms with Crippen LogP contribution in [0, 0.1) is 5.41 Å². The molecule has 3 heteroatoms. The summed E-state index contributed by atoms with van der Waals surface area (Å²) in [5.41, 5.74) is 1.65. The molecule has 0 radical (unpaired) electrons. The van der Waals surface area contributed by atoms with Crippen molar-refractivity contribution in [1.82, 2.24) is 0 Å². The summed E-state index contributed by atoms with van der Waals surface area (Å²) < 4.78 is 0. The number of benzene rings is 1. The van der Waals surface area contributed by atoms with Crippen LogP contribution < -0.4 is 4.90 Å². The van der Waals surface area contributed by atoms with Gasteiger partial charge in [-0.1, -0.05) is 25.5 Å². The number of aryl methyl sites for hydroxylation is 1. The van der Waals surface area contributed by atoms with E-state index in [4.69, 9.17) is 0 Å². The average Bonchev–Trinajstić information content (AvgIpc) is 2.37. The third kappa shape index (κ3) is 2.15. The van der Waals surface area contributed by atoms with Crippen LogP contribution in [-0.2, 0) is 11.2 Å². The summed E-state index contributed by atoms with van der Waals surface area (Å²) in [6, 6.07) is 8.04. The van der Waals surface area contributed by atoms with E-state index in [0.717, 1.165) is 31.4 Å². The number of hydrogen-bond donors (Lipinski definition) is 1. The zero-order chi connectivity index (χ0) is 13.2. The molecule has 1 aliphatic carbocycles. The molecule has 0 aliphatic heterocycles. The molecule has 0 bridgehead atoms. The standard InChI is InChI=1S/C15H21NO2/c1-3-12-5-7-13(8-6-12)16(2)14(18)15(11-17)9-4-10-15/h5-8,17H,3-4,9-11H2,1-2H3. The Morgan fingerprint density at radius 1 is 1.33 bits per heavy atom. The highest BCUT2D eigenvalue weighted by Crippen LogP contribution is 2.42. The van der Waals surface area contributed by atoms with E-state index < -0.39 is 5.41 Å². The highest BCUT2D eigenvalue weighted by atomic mass is 16.3. The lowest BCUT2D eigenvalue weighted by Crippen LogP contribution is -2.49. The molecule has 1 fully saturated rings. The molecule has 0 unspecified atom stereocenters. The van der Waals surface area contributed by atoms with Gasteiger partial charge >= 0.3 is 0 Å². The smallest absolute Gasteiger partial charge is 0.235 e. The zero-order valence-corrected chi connectivity index (χ0v) is 11.1. The van der Waals surface area contributed by atoms with Crippen molar-refractivity contribution in [2.75, 3.05) is 18.6 Å². The number of aliphatic hydroxyl groups is 1. The van der Waals surface area contributed by atoms with Crippen LogP contribution in [0.25, 0.3) is 0 Å². The Hall–Kier alpha value is -1.35. The first kappa shape index (κ1) is 13.1. The first-order valence-electron chi connectivity index (χ1n) is 6.61. The summed E-state index contributed by atoms with van der Waals surface area (Å²) in [6.45, 7) is 2.07. The molecular weight excluding hydrogens is 226 g/mol. The van der Waals surface area contributed by atoms with E-state index in [9.17, 15) is 9.90 Å². The Bertz CT molecular complexity index is 415. The normalized spacial score (nSPS) is 17.1. The van der Waals surface area contributed by atoms with Crippen LogP contribution >= 0.6 is 0 Å². The summed E-state index contributed by atoms with van der Waals surface area (Å²) in [6.07, 6.45) is 3.65. The third-order valence-corrected chi connectivity index (χ3v) is 4.10. The second-order valence-corrected chi connectivity index (χ2v) is 5.18. The van der Waals surface area contributed by atoms with Crippen molar-refractivity contribution in [3.8, 4) is 0 Å². The topological polar surface area (TPSA) is 40.5 Å². The van der Waals surface area contributed by atoms with E-state index >= 15 is 0 Å². The molecule has 0 aromatic heterocycles. The van der Waals surface area contributed by atoms with Crippen LogP contribution in [0.3, 0.4) is 0 Å². The lowest BCUT2D eigenvalue weighted by Gasteiger charge is -2.41. The van der Waals surface area contributed by atoms with Crippen molar-refractivity contribution in [1.29, 1.82) is 0 Å². The Morgan fingerprint density at radius 3 is 2.33 bits per heavy atom. The zero-order valence-electron chi connectivity index (χ0n) is 11.1. The van der Waals surface area contributed by atoms with Crippen molar-refractivity contribution in [2.45, 2.75) is 32.6 Å². The summed E-state index contributed by atoms with van der Waals surface area (Å²) in [4.78, 5) is 14.1. The van der Waals surface area contributed by atoms with Crippen LogP contribution in [-0.4, -0.2) is 24.7 Å². The number of aliphatic hydroxyl groups excluding tert-OH is 1. The molecule has 3 nitrogen and oxygen atoms in total. The molecule has 1 amide bonds. The summed E-state index contributed by atoms with van der Waals surface area (Å²) in [7, 11) is 1.79. The van der Waals surface area contributed by atoms with Gasteiger partial charge in [0.1, 0.15) is 0 Å². The number of amides is 1. The number of rotatable bonds is 4. The van der Waals surface area contributed by atoms with Gasteiger partial charge < -0.3 is 10.0 Å². The minimum Gasteiger partial charge on any atom is -0.395 e. The van der Waals surface area contributed by atoms with Crippen molar-refractivity contribution in [3.05, 3.63) is 29.8 Å². The Labute approximate surface area is 108 Å². The maximum atomic E-state index is 12.4. The second-order valence-electron chi connectivity index (χ2n) is 5.18. The number of carbonyl (C=O) groups is 1. The maximum Gasteiger partial charge on any atom is 0.235 e. The van der Waals surface area contributed by atoms with Gasteiger partial charge in [0.05, 0.1) is 12.0 Å². The van der Waals surface area contributed by atoms with E-state index in [1.165, 1.54) is 5.56 Å². The van der Waals surface area contributed by atoms with Crippen molar-refractivity contribution < 1.29 is 9.90 Å².